The zero-order valence-corrected chi connectivity index (χ0v) is 9.26. The van der Waals surface area contributed by atoms with Crippen molar-refractivity contribution < 1.29 is 0 Å². The Morgan fingerprint density at radius 1 is 1.77 bits per heavy atom. The van der Waals surface area contributed by atoms with Gasteiger partial charge in [-0.2, -0.15) is 5.10 Å². The molecule has 0 spiro atoms. The lowest BCUT2D eigenvalue weighted by Gasteiger charge is -1.97. The van der Waals surface area contributed by atoms with Crippen LogP contribution >= 0.6 is 35.2 Å². The number of thiophene rings is 1. The SMILES string of the molecule is C/C(=N\NC(N)=S)c1csc(Cl)c1. The average molecular weight is 234 g/mol. The van der Waals surface area contributed by atoms with E-state index in [0.29, 0.717) is 0 Å². The number of hydrogen-bond acceptors (Lipinski definition) is 3. The van der Waals surface area contributed by atoms with Gasteiger partial charge in [0, 0.05) is 10.9 Å². The van der Waals surface area contributed by atoms with Crippen molar-refractivity contribution in [2.45, 2.75) is 6.92 Å². The Hall–Kier alpha value is -0.650. The average Bonchev–Trinajstić information content (AvgIpc) is 2.47. The van der Waals surface area contributed by atoms with E-state index >= 15 is 0 Å². The molecule has 6 heteroatoms. The van der Waals surface area contributed by atoms with Gasteiger partial charge < -0.3 is 5.73 Å². The number of nitrogens with zero attached hydrogens (tertiary/aromatic N) is 1. The summed E-state index contributed by atoms with van der Waals surface area (Å²) in [5, 5.41) is 6.03. The van der Waals surface area contributed by atoms with Crippen LogP contribution < -0.4 is 11.2 Å². The van der Waals surface area contributed by atoms with Crippen LogP contribution in [0.3, 0.4) is 0 Å². The predicted molar refractivity (Wildman–Crippen MR) is 61.5 cm³/mol. The molecule has 0 aliphatic heterocycles. The van der Waals surface area contributed by atoms with Crippen molar-refractivity contribution in [3.63, 3.8) is 0 Å². The van der Waals surface area contributed by atoms with E-state index in [1.165, 1.54) is 11.3 Å². The van der Waals surface area contributed by atoms with Crippen molar-refractivity contribution >= 4 is 46.0 Å². The number of hydrazone groups is 1. The number of hydrogen-bond donors (Lipinski definition) is 2. The second kappa shape index (κ2) is 4.55. The van der Waals surface area contributed by atoms with E-state index in [-0.39, 0.29) is 5.11 Å². The lowest BCUT2D eigenvalue weighted by molar-refractivity contribution is 1.03. The van der Waals surface area contributed by atoms with Gasteiger partial charge in [-0.3, -0.25) is 5.43 Å². The highest BCUT2D eigenvalue weighted by atomic mass is 35.5. The van der Waals surface area contributed by atoms with Gasteiger partial charge in [0.15, 0.2) is 5.11 Å². The summed E-state index contributed by atoms with van der Waals surface area (Å²) in [4.78, 5) is 0. The molecule has 1 aromatic heterocycles. The number of nitrogens with one attached hydrogen (secondary N) is 1. The lowest BCUT2D eigenvalue weighted by Crippen LogP contribution is -2.25. The Bertz CT molecular complexity index is 345. The van der Waals surface area contributed by atoms with Crippen molar-refractivity contribution in [3.05, 3.63) is 21.3 Å². The van der Waals surface area contributed by atoms with Crippen molar-refractivity contribution in [1.29, 1.82) is 0 Å². The third-order valence-corrected chi connectivity index (χ3v) is 2.50. The first-order valence-corrected chi connectivity index (χ1v) is 5.10. The van der Waals surface area contributed by atoms with Gasteiger partial charge in [-0.25, -0.2) is 0 Å². The van der Waals surface area contributed by atoms with Crippen molar-refractivity contribution in [2.24, 2.45) is 10.8 Å². The van der Waals surface area contributed by atoms with Gasteiger partial charge in [-0.1, -0.05) is 11.6 Å². The topological polar surface area (TPSA) is 50.4 Å². The third-order valence-electron chi connectivity index (χ3n) is 1.32. The minimum absolute atomic E-state index is 0.153. The third kappa shape index (κ3) is 3.30. The molecule has 3 N–H and O–H groups in total. The molecule has 0 unspecified atom stereocenters. The van der Waals surface area contributed by atoms with Gasteiger partial charge in [0.25, 0.3) is 0 Å². The van der Waals surface area contributed by atoms with Gasteiger partial charge >= 0.3 is 0 Å². The van der Waals surface area contributed by atoms with Crippen molar-refractivity contribution in [2.75, 3.05) is 0 Å². The van der Waals surface area contributed by atoms with Crippen LogP contribution in [0.2, 0.25) is 4.34 Å². The smallest absolute Gasteiger partial charge is 0.184 e. The zero-order chi connectivity index (χ0) is 9.84. The zero-order valence-electron chi connectivity index (χ0n) is 6.87. The van der Waals surface area contributed by atoms with E-state index in [2.05, 4.69) is 22.7 Å². The van der Waals surface area contributed by atoms with Crippen LogP contribution in [0.4, 0.5) is 0 Å². The number of halogens is 1. The summed E-state index contributed by atoms with van der Waals surface area (Å²) in [5.74, 6) is 0. The standard InChI is InChI=1S/C7H8ClN3S2/c1-4(10-11-7(9)12)5-2-6(8)13-3-5/h2-3H,1H3,(H3,9,11,12)/b10-4+. The van der Waals surface area contributed by atoms with Crippen LogP contribution in [0, 0.1) is 0 Å². The Morgan fingerprint density at radius 3 is 2.92 bits per heavy atom. The highest BCUT2D eigenvalue weighted by molar-refractivity contribution is 7.80. The summed E-state index contributed by atoms with van der Waals surface area (Å²) < 4.78 is 0.736. The first-order valence-electron chi connectivity index (χ1n) is 3.43. The van der Waals surface area contributed by atoms with Gasteiger partial charge in [-0.15, -0.1) is 11.3 Å². The Morgan fingerprint density at radius 2 is 2.46 bits per heavy atom. The molecule has 0 saturated carbocycles. The number of nitrogens with two attached hydrogens (primary N) is 1. The van der Waals surface area contributed by atoms with E-state index < -0.39 is 0 Å². The van der Waals surface area contributed by atoms with Gasteiger partial charge in [0.2, 0.25) is 0 Å². The molecule has 70 valence electrons. The molecule has 0 fully saturated rings. The molecule has 0 atom stereocenters. The summed E-state index contributed by atoms with van der Waals surface area (Å²) in [6, 6.07) is 1.84. The van der Waals surface area contributed by atoms with Gasteiger partial charge in [0.05, 0.1) is 10.0 Å². The Balaban J connectivity index is 2.72. The van der Waals surface area contributed by atoms with Gasteiger partial charge in [0.1, 0.15) is 0 Å². The minimum Gasteiger partial charge on any atom is -0.375 e. The molecular formula is C7H8ClN3S2. The van der Waals surface area contributed by atoms with E-state index in [1.54, 1.807) is 0 Å². The van der Waals surface area contributed by atoms with Crippen LogP contribution in [-0.4, -0.2) is 10.8 Å². The lowest BCUT2D eigenvalue weighted by atomic mass is 10.2. The molecule has 0 radical (unpaired) electrons. The molecule has 0 aliphatic carbocycles. The van der Waals surface area contributed by atoms with Crippen LogP contribution in [-0.2, 0) is 0 Å². The molecule has 0 saturated heterocycles. The molecule has 13 heavy (non-hydrogen) atoms. The maximum absolute atomic E-state index is 5.76. The monoisotopic (exact) mass is 233 g/mol. The van der Waals surface area contributed by atoms with Crippen LogP contribution in [0.1, 0.15) is 12.5 Å². The van der Waals surface area contributed by atoms with E-state index in [0.717, 1.165) is 15.6 Å². The maximum atomic E-state index is 5.76. The molecule has 0 bridgehead atoms. The fourth-order valence-corrected chi connectivity index (χ4v) is 1.67. The maximum Gasteiger partial charge on any atom is 0.184 e. The van der Waals surface area contributed by atoms with Gasteiger partial charge in [-0.05, 0) is 25.2 Å². The predicted octanol–water partition coefficient (Wildman–Crippen LogP) is 1.96. The molecule has 1 aromatic rings. The number of rotatable bonds is 2. The fourth-order valence-electron chi connectivity index (χ4n) is 0.703. The summed E-state index contributed by atoms with van der Waals surface area (Å²) >= 11 is 11.8. The quantitative estimate of drug-likeness (QED) is 0.467. The van der Waals surface area contributed by atoms with Crippen molar-refractivity contribution in [1.82, 2.24) is 5.43 Å². The van der Waals surface area contributed by atoms with E-state index in [1.807, 2.05) is 18.4 Å². The molecule has 1 heterocycles. The van der Waals surface area contributed by atoms with Crippen LogP contribution in [0.15, 0.2) is 16.5 Å². The summed E-state index contributed by atoms with van der Waals surface area (Å²) in [6.07, 6.45) is 0. The number of thiocarbonyl (C=S) groups is 1. The van der Waals surface area contributed by atoms with E-state index in [4.69, 9.17) is 17.3 Å². The summed E-state index contributed by atoms with van der Waals surface area (Å²) in [7, 11) is 0. The Labute approximate surface area is 90.6 Å². The summed E-state index contributed by atoms with van der Waals surface area (Å²) in [5.41, 5.74) is 9.50. The molecule has 0 aromatic carbocycles. The second-order valence-electron chi connectivity index (χ2n) is 2.31. The first kappa shape index (κ1) is 10.4. The Kier molecular flexibility index (Phi) is 3.65. The fraction of sp³-hybridized carbons (Fsp3) is 0.143. The minimum atomic E-state index is 0.153. The molecule has 1 rings (SSSR count). The van der Waals surface area contributed by atoms with E-state index in [9.17, 15) is 0 Å². The first-order chi connectivity index (χ1) is 6.09. The van der Waals surface area contributed by atoms with Crippen LogP contribution in [0.5, 0.6) is 0 Å². The second-order valence-corrected chi connectivity index (χ2v) is 4.30. The largest absolute Gasteiger partial charge is 0.375 e. The molecular weight excluding hydrogens is 226 g/mol. The van der Waals surface area contributed by atoms with Crippen LogP contribution in [0.25, 0.3) is 0 Å². The highest BCUT2D eigenvalue weighted by Gasteiger charge is 2.00. The summed E-state index contributed by atoms with van der Waals surface area (Å²) in [6.45, 7) is 1.85. The van der Waals surface area contributed by atoms with Crippen molar-refractivity contribution in [3.8, 4) is 0 Å². The highest BCUT2D eigenvalue weighted by Crippen LogP contribution is 2.20. The molecule has 0 amide bonds. The molecule has 3 nitrogen and oxygen atoms in total. The normalized spacial score (nSPS) is 11.4. The molecule has 0 aliphatic rings.